The molecule has 152 valence electrons. The van der Waals surface area contributed by atoms with Crippen LogP contribution in [-0.4, -0.2) is 51.8 Å². The average Bonchev–Trinajstić information content (AvgIpc) is 3.39. The lowest BCUT2D eigenvalue weighted by molar-refractivity contribution is 0.317. The fourth-order valence-corrected chi connectivity index (χ4v) is 4.10. The zero-order chi connectivity index (χ0) is 19.6. The van der Waals surface area contributed by atoms with Crippen molar-refractivity contribution in [1.82, 2.24) is 31.3 Å². The molecule has 1 unspecified atom stereocenters. The summed E-state index contributed by atoms with van der Waals surface area (Å²) in [6.07, 6.45) is 10.5. The number of aromatic hydroxyl groups is 1. The molecule has 2 aromatic rings. The number of hydrazine groups is 1. The summed E-state index contributed by atoms with van der Waals surface area (Å²) in [6.45, 7) is 3.12. The third-order valence-electron chi connectivity index (χ3n) is 6.13. The standard InChI is InChI=1S/C21H27N7O/c29-20-8-15(16-10-24-25-11-16)4-5-18(20)19-12-23-21(27-26-19)28-7-6-14(13-28)9-22-17-2-1-3-17/h4-5,8,10-12,14,17,22,26,29H,1-3,6-7,9,13H2,(H,23,27)(H,24,25). The Morgan fingerprint density at radius 1 is 1.17 bits per heavy atom. The van der Waals surface area contributed by atoms with Crippen LogP contribution in [0.15, 0.2) is 41.8 Å². The first-order chi connectivity index (χ1) is 14.3. The molecule has 8 heteroatoms. The van der Waals surface area contributed by atoms with E-state index in [2.05, 4.69) is 36.3 Å². The molecule has 0 bridgehead atoms. The molecule has 2 fully saturated rings. The Morgan fingerprint density at radius 2 is 2.10 bits per heavy atom. The van der Waals surface area contributed by atoms with Gasteiger partial charge in [0.15, 0.2) is 0 Å². The molecule has 1 saturated heterocycles. The van der Waals surface area contributed by atoms with Crippen LogP contribution in [0.4, 0.5) is 0 Å². The average molecular weight is 393 g/mol. The van der Waals surface area contributed by atoms with Gasteiger partial charge in [0.2, 0.25) is 5.96 Å². The summed E-state index contributed by atoms with van der Waals surface area (Å²) in [6, 6.07) is 6.33. The molecule has 5 N–H and O–H groups in total. The number of nitrogens with one attached hydrogen (secondary N) is 4. The summed E-state index contributed by atoms with van der Waals surface area (Å²) in [5, 5.41) is 20.9. The van der Waals surface area contributed by atoms with Gasteiger partial charge in [0.05, 0.1) is 18.1 Å². The Bertz CT molecular complexity index is 917. The van der Waals surface area contributed by atoms with Crippen molar-refractivity contribution in [3.8, 4) is 16.9 Å². The number of aliphatic imine (C=N–C) groups is 1. The number of nitrogens with zero attached hydrogens (tertiary/aromatic N) is 3. The normalized spacial score (nSPS) is 21.8. The van der Waals surface area contributed by atoms with Crippen molar-refractivity contribution in [3.05, 3.63) is 42.4 Å². The zero-order valence-electron chi connectivity index (χ0n) is 16.4. The third-order valence-corrected chi connectivity index (χ3v) is 6.13. The summed E-state index contributed by atoms with van der Waals surface area (Å²) in [5.41, 5.74) is 9.68. The fraction of sp³-hybridized carbons (Fsp3) is 0.429. The van der Waals surface area contributed by atoms with E-state index in [1.165, 1.54) is 25.7 Å². The molecule has 1 aromatic carbocycles. The van der Waals surface area contributed by atoms with Gasteiger partial charge in [-0.1, -0.05) is 12.5 Å². The number of aromatic nitrogens is 2. The van der Waals surface area contributed by atoms with Gasteiger partial charge in [0, 0.05) is 36.5 Å². The number of rotatable bonds is 5. The van der Waals surface area contributed by atoms with Gasteiger partial charge in [-0.2, -0.15) is 5.10 Å². The fourth-order valence-electron chi connectivity index (χ4n) is 4.10. The van der Waals surface area contributed by atoms with Crippen LogP contribution in [0.25, 0.3) is 16.8 Å². The van der Waals surface area contributed by atoms with Crippen LogP contribution in [0, 0.1) is 5.92 Å². The van der Waals surface area contributed by atoms with Gasteiger partial charge >= 0.3 is 0 Å². The highest BCUT2D eigenvalue weighted by Crippen LogP contribution is 2.30. The molecule has 0 amide bonds. The molecule has 3 aliphatic rings. The summed E-state index contributed by atoms with van der Waals surface area (Å²) in [5.74, 6) is 1.71. The van der Waals surface area contributed by atoms with E-state index in [0.717, 1.165) is 48.5 Å². The van der Waals surface area contributed by atoms with E-state index in [0.29, 0.717) is 11.5 Å². The number of H-pyrrole nitrogens is 1. The lowest BCUT2D eigenvalue weighted by Crippen LogP contribution is -2.48. The summed E-state index contributed by atoms with van der Waals surface area (Å²) in [4.78, 5) is 6.89. The van der Waals surface area contributed by atoms with Crippen molar-refractivity contribution in [3.63, 3.8) is 0 Å². The van der Waals surface area contributed by atoms with Gasteiger partial charge < -0.3 is 15.3 Å². The second-order valence-corrected chi connectivity index (χ2v) is 8.10. The van der Waals surface area contributed by atoms with Gasteiger partial charge in [-0.05, 0) is 49.4 Å². The van der Waals surface area contributed by atoms with E-state index in [1.807, 2.05) is 12.1 Å². The summed E-state index contributed by atoms with van der Waals surface area (Å²) in [7, 11) is 0. The van der Waals surface area contributed by atoms with E-state index in [9.17, 15) is 5.11 Å². The molecule has 1 aromatic heterocycles. The van der Waals surface area contributed by atoms with Gasteiger partial charge in [-0.15, -0.1) is 0 Å². The van der Waals surface area contributed by atoms with E-state index >= 15 is 0 Å². The van der Waals surface area contributed by atoms with Crippen LogP contribution in [0.2, 0.25) is 0 Å². The molecule has 1 aliphatic carbocycles. The van der Waals surface area contributed by atoms with Crippen LogP contribution in [0.1, 0.15) is 31.2 Å². The Labute approximate surface area is 170 Å². The lowest BCUT2D eigenvalue weighted by atomic mass is 9.92. The first kappa shape index (κ1) is 18.1. The number of hydrogen-bond acceptors (Lipinski definition) is 7. The summed E-state index contributed by atoms with van der Waals surface area (Å²) < 4.78 is 0. The molecule has 1 saturated carbocycles. The SMILES string of the molecule is Oc1cc(-c2cn[nH]c2)ccc1C1=CN=C(N2CCC(CNC3CCC3)C2)NN1. The van der Waals surface area contributed by atoms with Gasteiger partial charge in [0.1, 0.15) is 5.75 Å². The number of guanidine groups is 1. The maximum atomic E-state index is 10.5. The molecular formula is C21H27N7O. The number of benzene rings is 1. The minimum absolute atomic E-state index is 0.200. The second kappa shape index (κ2) is 7.79. The second-order valence-electron chi connectivity index (χ2n) is 8.10. The predicted molar refractivity (Wildman–Crippen MR) is 113 cm³/mol. The van der Waals surface area contributed by atoms with Gasteiger partial charge in [0.25, 0.3) is 0 Å². The highest BCUT2D eigenvalue weighted by Gasteiger charge is 2.27. The minimum atomic E-state index is 0.200. The Hall–Kier alpha value is -3.00. The van der Waals surface area contributed by atoms with Crippen LogP contribution < -0.4 is 16.2 Å². The van der Waals surface area contributed by atoms with Crippen molar-refractivity contribution in [1.29, 1.82) is 0 Å². The van der Waals surface area contributed by atoms with Gasteiger partial charge in [-0.25, -0.2) is 4.99 Å². The van der Waals surface area contributed by atoms with Gasteiger partial charge in [-0.3, -0.25) is 16.0 Å². The van der Waals surface area contributed by atoms with Crippen LogP contribution in [-0.2, 0) is 0 Å². The van der Waals surface area contributed by atoms with Crippen molar-refractivity contribution >= 4 is 11.7 Å². The largest absolute Gasteiger partial charge is 0.507 e. The number of phenols is 1. The molecule has 5 rings (SSSR count). The van der Waals surface area contributed by atoms with E-state index in [1.54, 1.807) is 24.7 Å². The molecule has 2 aliphatic heterocycles. The predicted octanol–water partition coefficient (Wildman–Crippen LogP) is 2.01. The number of aromatic amines is 1. The molecule has 1 atom stereocenters. The Morgan fingerprint density at radius 3 is 2.79 bits per heavy atom. The van der Waals surface area contributed by atoms with Crippen molar-refractivity contribution in [2.24, 2.45) is 10.9 Å². The van der Waals surface area contributed by atoms with Crippen LogP contribution in [0.3, 0.4) is 0 Å². The number of likely N-dealkylation sites (tertiary alicyclic amines) is 1. The highest BCUT2D eigenvalue weighted by molar-refractivity contribution is 5.85. The van der Waals surface area contributed by atoms with E-state index in [4.69, 9.17) is 0 Å². The van der Waals surface area contributed by atoms with Crippen LogP contribution in [0.5, 0.6) is 5.75 Å². The molecule has 0 radical (unpaired) electrons. The van der Waals surface area contributed by atoms with Crippen LogP contribution >= 0.6 is 0 Å². The topological polar surface area (TPSA) is 101 Å². The third kappa shape index (κ3) is 3.80. The Kier molecular flexibility index (Phi) is 4.85. The van der Waals surface area contributed by atoms with Crippen molar-refractivity contribution < 1.29 is 5.11 Å². The molecule has 0 spiro atoms. The maximum Gasteiger partial charge on any atom is 0.217 e. The molecular weight excluding hydrogens is 366 g/mol. The highest BCUT2D eigenvalue weighted by atomic mass is 16.3. The van der Waals surface area contributed by atoms with E-state index < -0.39 is 0 Å². The first-order valence-electron chi connectivity index (χ1n) is 10.4. The lowest BCUT2D eigenvalue weighted by Gasteiger charge is -2.28. The maximum absolute atomic E-state index is 10.5. The van der Waals surface area contributed by atoms with Crippen molar-refractivity contribution in [2.45, 2.75) is 31.7 Å². The van der Waals surface area contributed by atoms with E-state index in [-0.39, 0.29) is 5.75 Å². The smallest absolute Gasteiger partial charge is 0.217 e. The number of hydrogen-bond donors (Lipinski definition) is 5. The quantitative estimate of drug-likeness (QED) is 0.533. The van der Waals surface area contributed by atoms with Crippen molar-refractivity contribution in [2.75, 3.05) is 19.6 Å². The number of phenolic OH excluding ortho intramolecular Hbond substituents is 1. The first-order valence-corrected chi connectivity index (χ1v) is 10.4. The zero-order valence-corrected chi connectivity index (χ0v) is 16.4. The molecule has 8 nitrogen and oxygen atoms in total. The monoisotopic (exact) mass is 393 g/mol. The molecule has 3 heterocycles. The Balaban J connectivity index is 1.23. The summed E-state index contributed by atoms with van der Waals surface area (Å²) >= 11 is 0. The molecule has 29 heavy (non-hydrogen) atoms. The minimum Gasteiger partial charge on any atom is -0.507 e.